The highest BCUT2D eigenvalue weighted by molar-refractivity contribution is 6.04. The van der Waals surface area contributed by atoms with Gasteiger partial charge in [0.1, 0.15) is 12.2 Å². The predicted octanol–water partition coefficient (Wildman–Crippen LogP) is 2.70. The number of pyridine rings is 1. The van der Waals surface area contributed by atoms with E-state index in [4.69, 9.17) is 9.15 Å². The van der Waals surface area contributed by atoms with Crippen LogP contribution in [0, 0.1) is 0 Å². The van der Waals surface area contributed by atoms with Gasteiger partial charge in [-0.25, -0.2) is 4.98 Å². The Morgan fingerprint density at radius 2 is 2.04 bits per heavy atom. The van der Waals surface area contributed by atoms with Gasteiger partial charge < -0.3 is 19.8 Å². The van der Waals surface area contributed by atoms with Gasteiger partial charge in [0, 0.05) is 29.4 Å². The van der Waals surface area contributed by atoms with E-state index in [9.17, 15) is 0 Å². The molecule has 23 heavy (non-hydrogen) atoms. The van der Waals surface area contributed by atoms with Crippen LogP contribution in [-0.2, 0) is 0 Å². The molecule has 1 aliphatic rings. The molecule has 3 aromatic rings. The van der Waals surface area contributed by atoms with Gasteiger partial charge in [0.25, 0.3) is 0 Å². The van der Waals surface area contributed by atoms with Gasteiger partial charge >= 0.3 is 0 Å². The third-order valence-corrected chi connectivity index (χ3v) is 4.40. The minimum absolute atomic E-state index is 0.610. The number of aromatic nitrogens is 1. The Morgan fingerprint density at radius 1 is 1.13 bits per heavy atom. The van der Waals surface area contributed by atoms with E-state index < -0.39 is 0 Å². The first kappa shape index (κ1) is 14.5. The highest BCUT2D eigenvalue weighted by Crippen LogP contribution is 2.26. The zero-order valence-electron chi connectivity index (χ0n) is 13.0. The first-order chi connectivity index (χ1) is 11.4. The van der Waals surface area contributed by atoms with Gasteiger partial charge in [0.05, 0.1) is 11.8 Å². The summed E-state index contributed by atoms with van der Waals surface area (Å²) in [4.78, 5) is 4.59. The van der Waals surface area contributed by atoms with Crippen molar-refractivity contribution in [2.24, 2.45) is 0 Å². The topological polar surface area (TPSA) is 59.3 Å². The van der Waals surface area contributed by atoms with Crippen molar-refractivity contribution in [1.29, 1.82) is 0 Å². The molecule has 2 aromatic heterocycles. The average Bonchev–Trinajstić information content (AvgIpc) is 3.08. The lowest BCUT2D eigenvalue weighted by Gasteiger charge is -2.23. The summed E-state index contributed by atoms with van der Waals surface area (Å²) in [6.07, 6.45) is 4.09. The van der Waals surface area contributed by atoms with Crippen LogP contribution in [0.25, 0.3) is 21.9 Å². The van der Waals surface area contributed by atoms with Crippen molar-refractivity contribution in [2.75, 3.05) is 26.2 Å². The molecule has 0 saturated carbocycles. The van der Waals surface area contributed by atoms with Crippen molar-refractivity contribution >= 4 is 21.9 Å². The summed E-state index contributed by atoms with van der Waals surface area (Å²) in [5, 5.41) is 9.10. The molecule has 0 spiro atoms. The van der Waals surface area contributed by atoms with Gasteiger partial charge in [-0.1, -0.05) is 0 Å². The van der Waals surface area contributed by atoms with Crippen molar-refractivity contribution < 1.29 is 9.15 Å². The summed E-state index contributed by atoms with van der Waals surface area (Å²) in [6.45, 7) is 3.70. The third kappa shape index (κ3) is 3.16. The van der Waals surface area contributed by atoms with E-state index in [1.54, 1.807) is 6.26 Å². The number of nitrogens with zero attached hydrogens (tertiary/aromatic N) is 1. The molecule has 5 nitrogen and oxygen atoms in total. The maximum atomic E-state index is 5.79. The summed E-state index contributed by atoms with van der Waals surface area (Å²) in [6, 6.07) is 10.5. The zero-order valence-corrected chi connectivity index (χ0v) is 13.0. The Balaban J connectivity index is 1.38. The molecule has 1 fully saturated rings. The molecule has 4 rings (SSSR count). The molecule has 3 heterocycles. The number of ether oxygens (including phenoxy) is 1. The van der Waals surface area contributed by atoms with Gasteiger partial charge in [-0.15, -0.1) is 0 Å². The second-order valence-electron chi connectivity index (χ2n) is 5.94. The van der Waals surface area contributed by atoms with Crippen LogP contribution in [0.15, 0.2) is 41.0 Å². The number of nitrogens with one attached hydrogen (secondary N) is 2. The number of rotatable bonds is 5. The Bertz CT molecular complexity index is 793. The Morgan fingerprint density at radius 3 is 2.96 bits per heavy atom. The van der Waals surface area contributed by atoms with E-state index >= 15 is 0 Å². The number of benzene rings is 1. The van der Waals surface area contributed by atoms with Crippen LogP contribution >= 0.6 is 0 Å². The maximum Gasteiger partial charge on any atom is 0.213 e. The van der Waals surface area contributed by atoms with Crippen molar-refractivity contribution in [2.45, 2.75) is 18.9 Å². The van der Waals surface area contributed by atoms with Gasteiger partial charge in [-0.3, -0.25) is 0 Å². The number of piperidine rings is 1. The van der Waals surface area contributed by atoms with Gasteiger partial charge in [0.15, 0.2) is 0 Å². The van der Waals surface area contributed by atoms with Gasteiger partial charge in [-0.2, -0.15) is 0 Å². The van der Waals surface area contributed by atoms with Crippen LogP contribution in [0.2, 0.25) is 0 Å². The molecule has 1 aliphatic heterocycles. The quantitative estimate of drug-likeness (QED) is 0.710. The van der Waals surface area contributed by atoms with Gasteiger partial charge in [0.2, 0.25) is 5.88 Å². The summed E-state index contributed by atoms with van der Waals surface area (Å²) < 4.78 is 11.2. The average molecular weight is 311 g/mol. The number of fused-ring (bicyclic) bond motifs is 3. The first-order valence-corrected chi connectivity index (χ1v) is 8.24. The second kappa shape index (κ2) is 6.56. The van der Waals surface area contributed by atoms with E-state index in [1.807, 2.05) is 24.3 Å². The van der Waals surface area contributed by atoms with E-state index in [0.717, 1.165) is 41.5 Å². The van der Waals surface area contributed by atoms with Crippen LogP contribution in [0.3, 0.4) is 0 Å². The minimum atomic E-state index is 0.610. The third-order valence-electron chi connectivity index (χ3n) is 4.40. The van der Waals surface area contributed by atoms with Crippen molar-refractivity contribution in [1.82, 2.24) is 15.6 Å². The highest BCUT2D eigenvalue weighted by atomic mass is 16.5. The minimum Gasteiger partial charge on any atom is -0.476 e. The Kier molecular flexibility index (Phi) is 4.13. The molecule has 0 bridgehead atoms. The molecule has 1 aromatic carbocycles. The molecule has 120 valence electrons. The van der Waals surface area contributed by atoms with Crippen LogP contribution in [0.5, 0.6) is 5.88 Å². The van der Waals surface area contributed by atoms with E-state index in [1.165, 1.54) is 12.8 Å². The number of hydrogen-bond acceptors (Lipinski definition) is 5. The van der Waals surface area contributed by atoms with Crippen molar-refractivity contribution in [3.05, 3.63) is 36.6 Å². The van der Waals surface area contributed by atoms with E-state index in [2.05, 4.69) is 21.7 Å². The molecule has 2 N–H and O–H groups in total. The van der Waals surface area contributed by atoms with Gasteiger partial charge in [-0.05, 0) is 50.2 Å². The molecular formula is C18H21N3O2. The van der Waals surface area contributed by atoms with Crippen LogP contribution < -0.4 is 15.4 Å². The molecular weight excluding hydrogens is 290 g/mol. The smallest absolute Gasteiger partial charge is 0.213 e. The monoisotopic (exact) mass is 311 g/mol. The van der Waals surface area contributed by atoms with E-state index in [-0.39, 0.29) is 0 Å². The summed E-state index contributed by atoms with van der Waals surface area (Å²) in [7, 11) is 0. The molecule has 1 saturated heterocycles. The fourth-order valence-corrected chi connectivity index (χ4v) is 3.16. The number of furan rings is 1. The predicted molar refractivity (Wildman–Crippen MR) is 90.9 cm³/mol. The van der Waals surface area contributed by atoms with Crippen LogP contribution in [-0.4, -0.2) is 37.3 Å². The van der Waals surface area contributed by atoms with Crippen LogP contribution in [0.1, 0.15) is 12.8 Å². The molecule has 5 heteroatoms. The summed E-state index contributed by atoms with van der Waals surface area (Å²) in [5.41, 5.74) is 1.82. The lowest BCUT2D eigenvalue weighted by Crippen LogP contribution is -2.41. The summed E-state index contributed by atoms with van der Waals surface area (Å²) in [5.74, 6) is 0.674. The Hall–Kier alpha value is -2.11. The van der Waals surface area contributed by atoms with Crippen molar-refractivity contribution in [3.8, 4) is 5.88 Å². The second-order valence-corrected chi connectivity index (χ2v) is 5.94. The molecule has 0 atom stereocenters. The first-order valence-electron chi connectivity index (χ1n) is 8.24. The summed E-state index contributed by atoms with van der Waals surface area (Å²) >= 11 is 0. The Labute approximate surface area is 135 Å². The molecule has 0 amide bonds. The SMILES string of the molecule is c1cc2c(ccc3nc(OCCNC4CCNCC4)ccc32)o1. The molecule has 0 radical (unpaired) electrons. The lowest BCUT2D eigenvalue weighted by molar-refractivity contribution is 0.284. The highest BCUT2D eigenvalue weighted by Gasteiger charge is 2.11. The zero-order chi connectivity index (χ0) is 15.5. The number of hydrogen-bond donors (Lipinski definition) is 2. The lowest BCUT2D eigenvalue weighted by atomic mass is 10.1. The molecule has 0 unspecified atom stereocenters. The van der Waals surface area contributed by atoms with Crippen LogP contribution in [0.4, 0.5) is 0 Å². The fraction of sp³-hybridized carbons (Fsp3) is 0.389. The van der Waals surface area contributed by atoms with E-state index in [0.29, 0.717) is 18.5 Å². The standard InChI is InChI=1S/C18H21N3O2/c1-4-18(23-12-10-20-13-5-8-19-9-6-13)21-16-2-3-17-15(14(1)16)7-11-22-17/h1-4,7,11,13,19-20H,5-6,8-10,12H2. The fourth-order valence-electron chi connectivity index (χ4n) is 3.16. The molecule has 0 aliphatic carbocycles. The normalized spacial score (nSPS) is 16.2. The maximum absolute atomic E-state index is 5.79. The largest absolute Gasteiger partial charge is 0.476 e. The van der Waals surface area contributed by atoms with Crippen molar-refractivity contribution in [3.63, 3.8) is 0 Å².